The molecule has 0 aromatic rings. The quantitative estimate of drug-likeness (QED) is 0.503. The number of nitrogens with two attached hydrogens (primary N) is 1. The summed E-state index contributed by atoms with van der Waals surface area (Å²) in [5.74, 6) is 0. The van der Waals surface area contributed by atoms with E-state index in [9.17, 15) is 0 Å². The van der Waals surface area contributed by atoms with Gasteiger partial charge < -0.3 is 15.6 Å². The van der Waals surface area contributed by atoms with E-state index in [2.05, 4.69) is 6.58 Å². The van der Waals surface area contributed by atoms with Crippen molar-refractivity contribution in [1.29, 1.82) is 0 Å². The van der Waals surface area contributed by atoms with Crippen LogP contribution in [0.15, 0.2) is 23.9 Å². The van der Waals surface area contributed by atoms with Crippen LogP contribution in [0.2, 0.25) is 0 Å². The SMILES string of the molecule is C=C(/C=C(\C)N)C(C)(C)COCCO. The molecule has 0 bridgehead atoms. The molecule has 14 heavy (non-hydrogen) atoms. The van der Waals surface area contributed by atoms with Crippen molar-refractivity contribution < 1.29 is 9.84 Å². The first-order chi connectivity index (χ1) is 6.40. The molecule has 3 N–H and O–H groups in total. The number of hydrogen-bond donors (Lipinski definition) is 2. The molecule has 0 saturated heterocycles. The fourth-order valence-electron chi connectivity index (χ4n) is 0.955. The van der Waals surface area contributed by atoms with Crippen molar-refractivity contribution in [2.75, 3.05) is 19.8 Å². The van der Waals surface area contributed by atoms with Gasteiger partial charge in [-0.15, -0.1) is 0 Å². The molecule has 0 aromatic carbocycles. The molecule has 82 valence electrons. The van der Waals surface area contributed by atoms with E-state index in [1.165, 1.54) is 0 Å². The van der Waals surface area contributed by atoms with Crippen LogP contribution in [0.25, 0.3) is 0 Å². The molecule has 0 rings (SSSR count). The first kappa shape index (κ1) is 13.2. The number of allylic oxidation sites excluding steroid dienone is 2. The highest BCUT2D eigenvalue weighted by Crippen LogP contribution is 2.26. The topological polar surface area (TPSA) is 55.5 Å². The second-order valence-electron chi connectivity index (χ2n) is 4.07. The Morgan fingerprint density at radius 1 is 1.57 bits per heavy atom. The second-order valence-corrected chi connectivity index (χ2v) is 4.07. The van der Waals surface area contributed by atoms with Gasteiger partial charge in [-0.05, 0) is 18.6 Å². The van der Waals surface area contributed by atoms with Crippen LogP contribution >= 0.6 is 0 Å². The molecule has 3 nitrogen and oxygen atoms in total. The zero-order valence-corrected chi connectivity index (χ0v) is 9.34. The molecule has 0 aliphatic carbocycles. The van der Waals surface area contributed by atoms with Gasteiger partial charge in [0.1, 0.15) is 0 Å². The van der Waals surface area contributed by atoms with Gasteiger partial charge in [-0.1, -0.05) is 20.4 Å². The minimum atomic E-state index is -0.143. The van der Waals surface area contributed by atoms with E-state index in [0.717, 1.165) is 11.3 Å². The lowest BCUT2D eigenvalue weighted by Crippen LogP contribution is -2.22. The Balaban J connectivity index is 4.17. The molecule has 0 heterocycles. The van der Waals surface area contributed by atoms with Crippen LogP contribution < -0.4 is 5.73 Å². The van der Waals surface area contributed by atoms with Gasteiger partial charge in [0.05, 0.1) is 19.8 Å². The van der Waals surface area contributed by atoms with Crippen LogP contribution in [0.5, 0.6) is 0 Å². The minimum Gasteiger partial charge on any atom is -0.402 e. The fourth-order valence-corrected chi connectivity index (χ4v) is 0.955. The third kappa shape index (κ3) is 5.04. The van der Waals surface area contributed by atoms with E-state index in [1.807, 2.05) is 26.8 Å². The van der Waals surface area contributed by atoms with Gasteiger partial charge in [-0.25, -0.2) is 0 Å². The Bertz CT molecular complexity index is 215. The summed E-state index contributed by atoms with van der Waals surface area (Å²) in [6.45, 7) is 10.8. The normalized spacial score (nSPS) is 13.0. The highest BCUT2D eigenvalue weighted by Gasteiger charge is 2.20. The number of ether oxygens (including phenoxy) is 1. The lowest BCUT2D eigenvalue weighted by atomic mass is 9.85. The zero-order chi connectivity index (χ0) is 11.2. The van der Waals surface area contributed by atoms with Crippen molar-refractivity contribution in [3.8, 4) is 0 Å². The molecule has 0 aliphatic rings. The molecule has 0 radical (unpaired) electrons. The van der Waals surface area contributed by atoms with Gasteiger partial charge >= 0.3 is 0 Å². The summed E-state index contributed by atoms with van der Waals surface area (Å²) in [7, 11) is 0. The Labute approximate surface area is 86.3 Å². The first-order valence-electron chi connectivity index (χ1n) is 4.72. The summed E-state index contributed by atoms with van der Waals surface area (Å²) in [5, 5.41) is 8.57. The van der Waals surface area contributed by atoms with Crippen LogP contribution in [0, 0.1) is 5.41 Å². The lowest BCUT2D eigenvalue weighted by molar-refractivity contribution is 0.0533. The lowest BCUT2D eigenvalue weighted by Gasteiger charge is -2.25. The fraction of sp³-hybridized carbons (Fsp3) is 0.636. The van der Waals surface area contributed by atoms with Crippen molar-refractivity contribution >= 4 is 0 Å². The smallest absolute Gasteiger partial charge is 0.0698 e. The third-order valence-corrected chi connectivity index (χ3v) is 1.97. The predicted octanol–water partition coefficient (Wildman–Crippen LogP) is 1.44. The van der Waals surface area contributed by atoms with Crippen LogP contribution in [0.4, 0.5) is 0 Å². The van der Waals surface area contributed by atoms with Crippen molar-refractivity contribution in [3.05, 3.63) is 23.9 Å². The Morgan fingerprint density at radius 3 is 2.57 bits per heavy atom. The molecule has 3 heteroatoms. The molecule has 0 unspecified atom stereocenters. The molecule has 0 spiro atoms. The van der Waals surface area contributed by atoms with E-state index in [1.54, 1.807) is 0 Å². The summed E-state index contributed by atoms with van der Waals surface area (Å²) in [6, 6.07) is 0. The van der Waals surface area contributed by atoms with Gasteiger partial charge in [0.2, 0.25) is 0 Å². The molecular weight excluding hydrogens is 178 g/mol. The number of rotatable bonds is 6. The van der Waals surface area contributed by atoms with Crippen molar-refractivity contribution in [3.63, 3.8) is 0 Å². The Morgan fingerprint density at radius 2 is 2.14 bits per heavy atom. The minimum absolute atomic E-state index is 0.0499. The average Bonchev–Trinajstić information content (AvgIpc) is 2.03. The van der Waals surface area contributed by atoms with Gasteiger partial charge in [0.25, 0.3) is 0 Å². The van der Waals surface area contributed by atoms with Gasteiger partial charge in [0, 0.05) is 11.1 Å². The summed E-state index contributed by atoms with van der Waals surface area (Å²) in [5.41, 5.74) is 7.10. The van der Waals surface area contributed by atoms with Crippen LogP contribution in [-0.2, 0) is 4.74 Å². The number of aliphatic hydroxyl groups is 1. The standard InChI is InChI=1S/C11H21NO2/c1-9(7-10(2)12)11(3,4)8-14-6-5-13/h7,13H,1,5-6,8,12H2,2-4H3/b10-7+. The number of hydrogen-bond acceptors (Lipinski definition) is 3. The largest absolute Gasteiger partial charge is 0.402 e. The second kappa shape index (κ2) is 5.83. The molecule has 0 amide bonds. The van der Waals surface area contributed by atoms with Crippen molar-refractivity contribution in [2.45, 2.75) is 20.8 Å². The molecular formula is C11H21NO2. The summed E-state index contributed by atoms with van der Waals surface area (Å²) < 4.78 is 5.27. The van der Waals surface area contributed by atoms with E-state index < -0.39 is 0 Å². The van der Waals surface area contributed by atoms with Gasteiger partial charge in [0.15, 0.2) is 0 Å². The van der Waals surface area contributed by atoms with E-state index in [0.29, 0.717) is 13.2 Å². The van der Waals surface area contributed by atoms with Crippen LogP contribution in [0.3, 0.4) is 0 Å². The molecule has 0 aromatic heterocycles. The van der Waals surface area contributed by atoms with E-state index >= 15 is 0 Å². The van der Waals surface area contributed by atoms with Crippen molar-refractivity contribution in [1.82, 2.24) is 0 Å². The Kier molecular flexibility index (Phi) is 5.50. The average molecular weight is 199 g/mol. The highest BCUT2D eigenvalue weighted by atomic mass is 16.5. The summed E-state index contributed by atoms with van der Waals surface area (Å²) in [4.78, 5) is 0. The predicted molar refractivity (Wildman–Crippen MR) is 58.8 cm³/mol. The van der Waals surface area contributed by atoms with E-state index in [4.69, 9.17) is 15.6 Å². The van der Waals surface area contributed by atoms with Crippen molar-refractivity contribution in [2.24, 2.45) is 11.1 Å². The molecule has 0 aliphatic heterocycles. The Hall–Kier alpha value is -0.800. The van der Waals surface area contributed by atoms with Gasteiger partial charge in [-0.3, -0.25) is 0 Å². The molecule has 0 atom stereocenters. The van der Waals surface area contributed by atoms with Gasteiger partial charge in [-0.2, -0.15) is 0 Å². The highest BCUT2D eigenvalue weighted by molar-refractivity contribution is 5.24. The first-order valence-corrected chi connectivity index (χ1v) is 4.72. The maximum absolute atomic E-state index is 8.57. The maximum Gasteiger partial charge on any atom is 0.0698 e. The number of aliphatic hydroxyl groups excluding tert-OH is 1. The monoisotopic (exact) mass is 199 g/mol. The van der Waals surface area contributed by atoms with Crippen LogP contribution in [0.1, 0.15) is 20.8 Å². The van der Waals surface area contributed by atoms with Crippen LogP contribution in [-0.4, -0.2) is 24.9 Å². The molecule has 0 saturated carbocycles. The zero-order valence-electron chi connectivity index (χ0n) is 9.34. The maximum atomic E-state index is 8.57. The summed E-state index contributed by atoms with van der Waals surface area (Å²) >= 11 is 0. The molecule has 0 fully saturated rings. The third-order valence-electron chi connectivity index (χ3n) is 1.97. The summed E-state index contributed by atoms with van der Waals surface area (Å²) in [6.07, 6.45) is 1.85. The van der Waals surface area contributed by atoms with E-state index in [-0.39, 0.29) is 12.0 Å².